The van der Waals surface area contributed by atoms with Gasteiger partial charge in [0.15, 0.2) is 0 Å². The zero-order valence-corrected chi connectivity index (χ0v) is 14.1. The van der Waals surface area contributed by atoms with Gasteiger partial charge in [-0.25, -0.2) is 4.98 Å². The summed E-state index contributed by atoms with van der Waals surface area (Å²) in [5.41, 5.74) is 1.09. The summed E-state index contributed by atoms with van der Waals surface area (Å²) in [6, 6.07) is 0.557. The van der Waals surface area contributed by atoms with Gasteiger partial charge in [0.2, 0.25) is 5.95 Å². The molecule has 21 heavy (non-hydrogen) atoms. The van der Waals surface area contributed by atoms with Crippen LogP contribution in [0.1, 0.15) is 52.1 Å². The predicted octanol–water partition coefficient (Wildman–Crippen LogP) is 3.85. The minimum absolute atomic E-state index is 0.557. The molecule has 1 aromatic heterocycles. The van der Waals surface area contributed by atoms with Crippen LogP contribution in [-0.4, -0.2) is 28.8 Å². The Labute approximate surface area is 129 Å². The lowest BCUT2D eigenvalue weighted by atomic mass is 9.78. The molecule has 0 spiro atoms. The zero-order chi connectivity index (χ0) is 15.2. The van der Waals surface area contributed by atoms with Crippen LogP contribution in [0.2, 0.25) is 0 Å². The van der Waals surface area contributed by atoms with Crippen LogP contribution in [0, 0.1) is 18.8 Å². The molecule has 0 amide bonds. The Balaban J connectivity index is 1.95. The van der Waals surface area contributed by atoms with Gasteiger partial charge < -0.3 is 14.6 Å². The molecule has 1 aliphatic carbocycles. The fraction of sp³-hybridized carbons (Fsp3) is 0.824. The average molecular weight is 293 g/mol. The third-order valence-electron chi connectivity index (χ3n) is 4.81. The summed E-state index contributed by atoms with van der Waals surface area (Å²) < 4.78 is 7.68. The minimum atomic E-state index is 0.557. The van der Waals surface area contributed by atoms with Crippen LogP contribution >= 0.6 is 0 Å². The highest BCUT2D eigenvalue weighted by Gasteiger charge is 2.27. The summed E-state index contributed by atoms with van der Waals surface area (Å²) in [5.74, 6) is 2.56. The SMILES string of the molecule is CCOCCCn1cc(C)nc1NC1CCCC(C)C1C. The minimum Gasteiger partial charge on any atom is -0.382 e. The first-order chi connectivity index (χ1) is 10.1. The predicted molar refractivity (Wildman–Crippen MR) is 87.7 cm³/mol. The molecule has 4 heteroatoms. The molecule has 1 saturated carbocycles. The van der Waals surface area contributed by atoms with E-state index in [-0.39, 0.29) is 0 Å². The van der Waals surface area contributed by atoms with E-state index in [1.54, 1.807) is 0 Å². The van der Waals surface area contributed by atoms with Crippen LogP contribution in [0.15, 0.2) is 6.20 Å². The number of aryl methyl sites for hydroxylation is 2. The molecule has 0 aromatic carbocycles. The molecule has 3 atom stereocenters. The number of anilines is 1. The lowest BCUT2D eigenvalue weighted by Crippen LogP contribution is -2.35. The Kier molecular flexibility index (Phi) is 6.09. The lowest BCUT2D eigenvalue weighted by Gasteiger charge is -2.35. The molecule has 0 saturated heterocycles. The van der Waals surface area contributed by atoms with Crippen LogP contribution in [0.25, 0.3) is 0 Å². The Hall–Kier alpha value is -1.03. The van der Waals surface area contributed by atoms with Crippen molar-refractivity contribution >= 4 is 5.95 Å². The maximum absolute atomic E-state index is 5.43. The zero-order valence-electron chi connectivity index (χ0n) is 14.1. The number of imidazole rings is 1. The molecule has 1 N–H and O–H groups in total. The topological polar surface area (TPSA) is 39.1 Å². The highest BCUT2D eigenvalue weighted by Crippen LogP contribution is 2.31. The third kappa shape index (κ3) is 4.47. The van der Waals surface area contributed by atoms with E-state index >= 15 is 0 Å². The second-order valence-electron chi connectivity index (χ2n) is 6.47. The van der Waals surface area contributed by atoms with Gasteiger partial charge in [0.25, 0.3) is 0 Å². The van der Waals surface area contributed by atoms with E-state index in [0.717, 1.165) is 43.7 Å². The maximum Gasteiger partial charge on any atom is 0.203 e. The first-order valence-corrected chi connectivity index (χ1v) is 8.49. The van der Waals surface area contributed by atoms with Crippen LogP contribution in [0.4, 0.5) is 5.95 Å². The fourth-order valence-corrected chi connectivity index (χ4v) is 3.27. The van der Waals surface area contributed by atoms with E-state index in [1.165, 1.54) is 19.3 Å². The molecule has 0 bridgehead atoms. The molecule has 1 aromatic rings. The highest BCUT2D eigenvalue weighted by atomic mass is 16.5. The monoisotopic (exact) mass is 293 g/mol. The second kappa shape index (κ2) is 7.83. The summed E-state index contributed by atoms with van der Waals surface area (Å²) in [7, 11) is 0. The Morgan fingerprint density at radius 3 is 2.95 bits per heavy atom. The van der Waals surface area contributed by atoms with Crippen molar-refractivity contribution in [2.24, 2.45) is 11.8 Å². The number of hydrogen-bond acceptors (Lipinski definition) is 3. The lowest BCUT2D eigenvalue weighted by molar-refractivity contribution is 0.141. The Morgan fingerprint density at radius 1 is 1.38 bits per heavy atom. The fourth-order valence-electron chi connectivity index (χ4n) is 3.27. The van der Waals surface area contributed by atoms with Gasteiger partial charge in [-0.05, 0) is 38.5 Å². The van der Waals surface area contributed by atoms with E-state index in [0.29, 0.717) is 12.0 Å². The quantitative estimate of drug-likeness (QED) is 0.776. The first-order valence-electron chi connectivity index (χ1n) is 8.49. The van der Waals surface area contributed by atoms with Gasteiger partial charge in [-0.15, -0.1) is 0 Å². The van der Waals surface area contributed by atoms with Crippen LogP contribution in [0.3, 0.4) is 0 Å². The molecule has 3 unspecified atom stereocenters. The number of hydrogen-bond donors (Lipinski definition) is 1. The van der Waals surface area contributed by atoms with Gasteiger partial charge in [0.05, 0.1) is 5.69 Å². The number of rotatable bonds is 7. The van der Waals surface area contributed by atoms with E-state index in [1.807, 2.05) is 6.92 Å². The molecular weight excluding hydrogens is 262 g/mol. The summed E-state index contributed by atoms with van der Waals surface area (Å²) in [5, 5.41) is 3.70. The molecule has 1 heterocycles. The van der Waals surface area contributed by atoms with E-state index in [9.17, 15) is 0 Å². The summed E-state index contributed by atoms with van der Waals surface area (Å²) in [6.45, 7) is 11.4. The van der Waals surface area contributed by atoms with Gasteiger partial charge in [-0.2, -0.15) is 0 Å². The molecule has 0 aliphatic heterocycles. The van der Waals surface area contributed by atoms with Crippen molar-refractivity contribution in [2.75, 3.05) is 18.5 Å². The van der Waals surface area contributed by atoms with Crippen molar-refractivity contribution in [3.63, 3.8) is 0 Å². The van der Waals surface area contributed by atoms with Gasteiger partial charge in [-0.3, -0.25) is 0 Å². The van der Waals surface area contributed by atoms with Gasteiger partial charge in [0, 0.05) is 32.0 Å². The number of nitrogens with zero attached hydrogens (tertiary/aromatic N) is 2. The van der Waals surface area contributed by atoms with Crippen molar-refractivity contribution in [1.29, 1.82) is 0 Å². The standard InChI is InChI=1S/C17H31N3O/c1-5-21-11-7-10-20-12-14(3)18-17(20)19-16-9-6-8-13(2)15(16)4/h12-13,15-16H,5-11H2,1-4H3,(H,18,19). The van der Waals surface area contributed by atoms with Crippen molar-refractivity contribution in [1.82, 2.24) is 9.55 Å². The number of aromatic nitrogens is 2. The van der Waals surface area contributed by atoms with Gasteiger partial charge in [-0.1, -0.05) is 26.7 Å². The Morgan fingerprint density at radius 2 is 2.19 bits per heavy atom. The molecular formula is C17H31N3O. The number of ether oxygens (including phenoxy) is 1. The van der Waals surface area contributed by atoms with E-state index in [4.69, 9.17) is 4.74 Å². The molecule has 2 rings (SSSR count). The smallest absolute Gasteiger partial charge is 0.203 e. The van der Waals surface area contributed by atoms with Crippen molar-refractivity contribution in [2.45, 2.75) is 66.0 Å². The van der Waals surface area contributed by atoms with Gasteiger partial charge in [0.1, 0.15) is 0 Å². The molecule has 0 radical (unpaired) electrons. The third-order valence-corrected chi connectivity index (χ3v) is 4.81. The van der Waals surface area contributed by atoms with E-state index < -0.39 is 0 Å². The molecule has 1 aliphatic rings. The summed E-state index contributed by atoms with van der Waals surface area (Å²) >= 11 is 0. The molecule has 120 valence electrons. The number of nitrogens with one attached hydrogen (secondary N) is 1. The van der Waals surface area contributed by atoms with Crippen LogP contribution in [0.5, 0.6) is 0 Å². The largest absolute Gasteiger partial charge is 0.382 e. The summed E-state index contributed by atoms with van der Waals surface area (Å²) in [6.07, 6.45) is 7.13. The highest BCUT2D eigenvalue weighted by molar-refractivity contribution is 5.30. The normalized spacial score (nSPS) is 26.0. The molecule has 4 nitrogen and oxygen atoms in total. The van der Waals surface area contributed by atoms with Crippen molar-refractivity contribution < 1.29 is 4.74 Å². The van der Waals surface area contributed by atoms with Crippen LogP contribution in [-0.2, 0) is 11.3 Å². The van der Waals surface area contributed by atoms with Gasteiger partial charge >= 0.3 is 0 Å². The molecule has 1 fully saturated rings. The second-order valence-corrected chi connectivity index (χ2v) is 6.47. The Bertz CT molecular complexity index is 430. The maximum atomic E-state index is 5.43. The first kappa shape index (κ1) is 16.3. The van der Waals surface area contributed by atoms with Crippen molar-refractivity contribution in [3.8, 4) is 0 Å². The van der Waals surface area contributed by atoms with E-state index in [2.05, 4.69) is 41.8 Å². The summed E-state index contributed by atoms with van der Waals surface area (Å²) in [4.78, 5) is 4.67. The van der Waals surface area contributed by atoms with Crippen molar-refractivity contribution in [3.05, 3.63) is 11.9 Å². The average Bonchev–Trinajstić information content (AvgIpc) is 2.80. The van der Waals surface area contributed by atoms with Crippen LogP contribution < -0.4 is 5.32 Å².